The standard InChI is InChI=1S/C12H22N4O/c1-3-5-15-12(17)4-6-13-7-9-16-10-8-14-11(16)2/h8,10,13H,3-7,9H2,1-2H3,(H,15,17). The second kappa shape index (κ2) is 7.84. The normalized spacial score (nSPS) is 10.5. The Morgan fingerprint density at radius 2 is 2.24 bits per heavy atom. The Bertz CT molecular complexity index is 335. The first kappa shape index (κ1) is 13.7. The third-order valence-electron chi connectivity index (χ3n) is 2.55. The smallest absolute Gasteiger partial charge is 0.221 e. The first-order chi connectivity index (χ1) is 8.24. The van der Waals surface area contributed by atoms with E-state index < -0.39 is 0 Å². The van der Waals surface area contributed by atoms with Crippen LogP contribution >= 0.6 is 0 Å². The van der Waals surface area contributed by atoms with E-state index in [9.17, 15) is 4.79 Å². The number of carbonyl (C=O) groups excluding carboxylic acids is 1. The minimum Gasteiger partial charge on any atom is -0.356 e. The molecule has 0 atom stereocenters. The first-order valence-corrected chi connectivity index (χ1v) is 6.19. The molecule has 1 aromatic heterocycles. The highest BCUT2D eigenvalue weighted by Crippen LogP contribution is 1.93. The molecule has 0 aliphatic heterocycles. The maximum absolute atomic E-state index is 11.3. The van der Waals surface area contributed by atoms with E-state index in [0.717, 1.165) is 38.4 Å². The van der Waals surface area contributed by atoms with Crippen LogP contribution < -0.4 is 10.6 Å². The van der Waals surface area contributed by atoms with Crippen LogP contribution in [0.5, 0.6) is 0 Å². The van der Waals surface area contributed by atoms with Crippen LogP contribution in [0.1, 0.15) is 25.6 Å². The predicted molar refractivity (Wildman–Crippen MR) is 67.8 cm³/mol. The van der Waals surface area contributed by atoms with Crippen molar-refractivity contribution in [2.75, 3.05) is 19.6 Å². The molecule has 0 saturated heterocycles. The summed E-state index contributed by atoms with van der Waals surface area (Å²) in [4.78, 5) is 15.4. The van der Waals surface area contributed by atoms with Crippen LogP contribution in [0, 0.1) is 6.92 Å². The number of amides is 1. The molecule has 0 aromatic carbocycles. The Morgan fingerprint density at radius 1 is 1.41 bits per heavy atom. The highest BCUT2D eigenvalue weighted by Gasteiger charge is 1.99. The minimum absolute atomic E-state index is 0.123. The van der Waals surface area contributed by atoms with Crippen molar-refractivity contribution in [2.24, 2.45) is 0 Å². The summed E-state index contributed by atoms with van der Waals surface area (Å²) < 4.78 is 2.09. The summed E-state index contributed by atoms with van der Waals surface area (Å²) in [6.07, 6.45) is 5.29. The largest absolute Gasteiger partial charge is 0.356 e. The monoisotopic (exact) mass is 238 g/mol. The molecule has 1 amide bonds. The molecule has 0 fully saturated rings. The topological polar surface area (TPSA) is 59.0 Å². The van der Waals surface area contributed by atoms with Crippen molar-refractivity contribution in [3.63, 3.8) is 0 Å². The molecule has 1 heterocycles. The molecule has 0 bridgehead atoms. The van der Waals surface area contributed by atoms with E-state index in [1.54, 1.807) is 6.20 Å². The van der Waals surface area contributed by atoms with E-state index in [4.69, 9.17) is 0 Å². The van der Waals surface area contributed by atoms with E-state index in [1.165, 1.54) is 0 Å². The van der Waals surface area contributed by atoms with Crippen LogP contribution in [0.15, 0.2) is 12.4 Å². The summed E-state index contributed by atoms with van der Waals surface area (Å²) in [7, 11) is 0. The number of nitrogens with one attached hydrogen (secondary N) is 2. The highest BCUT2D eigenvalue weighted by atomic mass is 16.1. The molecule has 0 aliphatic carbocycles. The van der Waals surface area contributed by atoms with E-state index in [2.05, 4.69) is 20.2 Å². The number of hydrogen-bond donors (Lipinski definition) is 2. The van der Waals surface area contributed by atoms with E-state index in [-0.39, 0.29) is 5.91 Å². The molecule has 96 valence electrons. The molecule has 5 nitrogen and oxygen atoms in total. The van der Waals surface area contributed by atoms with Crippen LogP contribution in [0.3, 0.4) is 0 Å². The molecule has 2 N–H and O–H groups in total. The molecule has 17 heavy (non-hydrogen) atoms. The zero-order valence-electron chi connectivity index (χ0n) is 10.7. The Morgan fingerprint density at radius 3 is 2.88 bits per heavy atom. The van der Waals surface area contributed by atoms with Crippen molar-refractivity contribution in [3.05, 3.63) is 18.2 Å². The van der Waals surface area contributed by atoms with Crippen molar-refractivity contribution in [1.82, 2.24) is 20.2 Å². The summed E-state index contributed by atoms with van der Waals surface area (Å²) in [5.74, 6) is 1.14. The molecule has 0 aliphatic rings. The zero-order chi connectivity index (χ0) is 12.5. The number of aryl methyl sites for hydroxylation is 1. The van der Waals surface area contributed by atoms with Crippen LogP contribution in [0.4, 0.5) is 0 Å². The molecular weight excluding hydrogens is 216 g/mol. The van der Waals surface area contributed by atoms with E-state index in [0.29, 0.717) is 6.42 Å². The lowest BCUT2D eigenvalue weighted by molar-refractivity contribution is -0.120. The van der Waals surface area contributed by atoms with E-state index in [1.807, 2.05) is 20.0 Å². The number of imidazole rings is 1. The average molecular weight is 238 g/mol. The van der Waals surface area contributed by atoms with Gasteiger partial charge in [0.25, 0.3) is 0 Å². The SMILES string of the molecule is CCCNC(=O)CCNCCn1ccnc1C. The first-order valence-electron chi connectivity index (χ1n) is 6.19. The Balaban J connectivity index is 2.01. The molecule has 0 saturated carbocycles. The van der Waals surface area contributed by atoms with Gasteiger partial charge in [0, 0.05) is 45.0 Å². The second-order valence-electron chi connectivity index (χ2n) is 4.02. The van der Waals surface area contributed by atoms with Crippen LogP contribution in [0.2, 0.25) is 0 Å². The van der Waals surface area contributed by atoms with Crippen LogP contribution in [-0.2, 0) is 11.3 Å². The van der Waals surface area contributed by atoms with Gasteiger partial charge in [-0.05, 0) is 13.3 Å². The van der Waals surface area contributed by atoms with E-state index >= 15 is 0 Å². The van der Waals surface area contributed by atoms with Crippen molar-refractivity contribution >= 4 is 5.91 Å². The van der Waals surface area contributed by atoms with Crippen molar-refractivity contribution in [2.45, 2.75) is 33.2 Å². The number of nitrogens with zero attached hydrogens (tertiary/aromatic N) is 2. The van der Waals surface area contributed by atoms with Gasteiger partial charge in [-0.2, -0.15) is 0 Å². The maximum atomic E-state index is 11.3. The van der Waals surface area contributed by atoms with Gasteiger partial charge in [0.1, 0.15) is 5.82 Å². The van der Waals surface area contributed by atoms with Gasteiger partial charge in [-0.25, -0.2) is 4.98 Å². The average Bonchev–Trinajstić information content (AvgIpc) is 2.72. The van der Waals surface area contributed by atoms with Gasteiger partial charge in [-0.1, -0.05) is 6.92 Å². The fourth-order valence-corrected chi connectivity index (χ4v) is 1.52. The second-order valence-corrected chi connectivity index (χ2v) is 4.02. The molecule has 0 spiro atoms. The zero-order valence-corrected chi connectivity index (χ0v) is 10.7. The highest BCUT2D eigenvalue weighted by molar-refractivity contribution is 5.75. The van der Waals surface area contributed by atoms with Gasteiger partial charge < -0.3 is 15.2 Å². The lowest BCUT2D eigenvalue weighted by Gasteiger charge is -2.07. The van der Waals surface area contributed by atoms with Crippen LogP contribution in [0.25, 0.3) is 0 Å². The van der Waals surface area contributed by atoms with Gasteiger partial charge in [-0.3, -0.25) is 4.79 Å². The Labute approximate surface area is 103 Å². The fourth-order valence-electron chi connectivity index (χ4n) is 1.52. The Kier molecular flexibility index (Phi) is 6.32. The number of carbonyl (C=O) groups is 1. The molecule has 0 unspecified atom stereocenters. The van der Waals surface area contributed by atoms with Crippen molar-refractivity contribution in [1.29, 1.82) is 0 Å². The lowest BCUT2D eigenvalue weighted by Crippen LogP contribution is -2.29. The fraction of sp³-hybridized carbons (Fsp3) is 0.667. The summed E-state index contributed by atoms with van der Waals surface area (Å²) >= 11 is 0. The minimum atomic E-state index is 0.123. The Hall–Kier alpha value is -1.36. The summed E-state index contributed by atoms with van der Waals surface area (Å²) in [6.45, 7) is 7.28. The van der Waals surface area contributed by atoms with Crippen molar-refractivity contribution in [3.8, 4) is 0 Å². The molecular formula is C12H22N4O. The number of aromatic nitrogens is 2. The number of hydrogen-bond acceptors (Lipinski definition) is 3. The predicted octanol–water partition coefficient (Wildman–Crippen LogP) is 0.697. The van der Waals surface area contributed by atoms with Crippen molar-refractivity contribution < 1.29 is 4.79 Å². The summed E-state index contributed by atoms with van der Waals surface area (Å²) in [5.41, 5.74) is 0. The van der Waals surface area contributed by atoms with Gasteiger partial charge in [0.05, 0.1) is 0 Å². The maximum Gasteiger partial charge on any atom is 0.221 e. The number of rotatable bonds is 8. The van der Waals surface area contributed by atoms with Gasteiger partial charge in [0.15, 0.2) is 0 Å². The quantitative estimate of drug-likeness (QED) is 0.655. The van der Waals surface area contributed by atoms with Gasteiger partial charge >= 0.3 is 0 Å². The van der Waals surface area contributed by atoms with Crippen LogP contribution in [-0.4, -0.2) is 35.1 Å². The summed E-state index contributed by atoms with van der Waals surface area (Å²) in [6, 6.07) is 0. The molecule has 0 radical (unpaired) electrons. The molecule has 5 heteroatoms. The van der Waals surface area contributed by atoms with Gasteiger partial charge in [-0.15, -0.1) is 0 Å². The molecule has 1 rings (SSSR count). The lowest BCUT2D eigenvalue weighted by atomic mass is 10.3. The molecule has 1 aromatic rings. The third-order valence-corrected chi connectivity index (χ3v) is 2.55. The van der Waals surface area contributed by atoms with Gasteiger partial charge in [0.2, 0.25) is 5.91 Å². The summed E-state index contributed by atoms with van der Waals surface area (Å²) in [5, 5.41) is 6.10. The third kappa shape index (κ3) is 5.49.